The van der Waals surface area contributed by atoms with E-state index in [0.717, 1.165) is 22.6 Å². The van der Waals surface area contributed by atoms with Crippen molar-refractivity contribution in [3.8, 4) is 11.5 Å². The van der Waals surface area contributed by atoms with Crippen LogP contribution in [-0.2, 0) is 13.1 Å². The molecule has 2 aromatic rings. The molecule has 4 nitrogen and oxygen atoms in total. The Hall–Kier alpha value is -2.04. The molecule has 4 heteroatoms. The third kappa shape index (κ3) is 5.06. The molecule has 0 aromatic heterocycles. The molecule has 0 spiro atoms. The lowest BCUT2D eigenvalue weighted by molar-refractivity contribution is -0.108. The summed E-state index contributed by atoms with van der Waals surface area (Å²) in [4.78, 5) is 0. The summed E-state index contributed by atoms with van der Waals surface area (Å²) in [6.07, 6.45) is 0. The maximum atomic E-state index is 10.1. The smallest absolute Gasteiger partial charge is 0.119 e. The van der Waals surface area contributed by atoms with Crippen LogP contribution in [-0.4, -0.2) is 23.5 Å². The van der Waals surface area contributed by atoms with Gasteiger partial charge in [0.1, 0.15) is 11.5 Å². The van der Waals surface area contributed by atoms with E-state index >= 15 is 0 Å². The number of hydrogen-bond acceptors (Lipinski definition) is 4. The number of ether oxygens (including phenoxy) is 2. The Bertz CT molecular complexity index is 500. The molecule has 0 saturated carbocycles. The van der Waals surface area contributed by atoms with E-state index in [2.05, 4.69) is 0 Å². The number of benzene rings is 2. The Balaban J connectivity index is 1.87. The van der Waals surface area contributed by atoms with Crippen molar-refractivity contribution < 1.29 is 14.7 Å². The van der Waals surface area contributed by atoms with E-state index in [1.807, 2.05) is 62.4 Å². The SMILES string of the molecule is CCOc1ccc(CN(O)Cc2ccc(OCC)cc2)cc1. The van der Waals surface area contributed by atoms with E-state index in [4.69, 9.17) is 9.47 Å². The molecule has 0 unspecified atom stereocenters. The second kappa shape index (κ2) is 8.41. The molecule has 2 rings (SSSR count). The van der Waals surface area contributed by atoms with E-state index in [9.17, 15) is 5.21 Å². The number of hydroxylamine groups is 2. The van der Waals surface area contributed by atoms with Crippen molar-refractivity contribution in [1.82, 2.24) is 5.06 Å². The largest absolute Gasteiger partial charge is 0.494 e. The van der Waals surface area contributed by atoms with Gasteiger partial charge in [0.25, 0.3) is 0 Å². The van der Waals surface area contributed by atoms with Crippen LogP contribution in [0.2, 0.25) is 0 Å². The van der Waals surface area contributed by atoms with Gasteiger partial charge < -0.3 is 14.7 Å². The number of rotatable bonds is 8. The van der Waals surface area contributed by atoms with E-state index < -0.39 is 0 Å². The lowest BCUT2D eigenvalue weighted by atomic mass is 10.2. The van der Waals surface area contributed by atoms with Crippen LogP contribution in [0.15, 0.2) is 48.5 Å². The molecule has 1 N–H and O–H groups in total. The highest BCUT2D eigenvalue weighted by Crippen LogP contribution is 2.16. The van der Waals surface area contributed by atoms with Crippen LogP contribution in [0.1, 0.15) is 25.0 Å². The Morgan fingerprint density at radius 3 is 1.41 bits per heavy atom. The molecule has 0 atom stereocenters. The van der Waals surface area contributed by atoms with Crippen molar-refractivity contribution in [3.05, 3.63) is 59.7 Å². The predicted molar refractivity (Wildman–Crippen MR) is 86.3 cm³/mol. The quantitative estimate of drug-likeness (QED) is 0.751. The van der Waals surface area contributed by atoms with Gasteiger partial charge in [-0.2, -0.15) is 5.06 Å². The van der Waals surface area contributed by atoms with Crippen LogP contribution in [0, 0.1) is 0 Å². The zero-order valence-corrected chi connectivity index (χ0v) is 13.2. The maximum absolute atomic E-state index is 10.1. The molecule has 0 fully saturated rings. The highest BCUT2D eigenvalue weighted by atomic mass is 16.5. The normalized spacial score (nSPS) is 10.7. The highest BCUT2D eigenvalue weighted by Gasteiger charge is 2.05. The number of nitrogens with zero attached hydrogens (tertiary/aromatic N) is 1. The van der Waals surface area contributed by atoms with Crippen molar-refractivity contribution in [2.24, 2.45) is 0 Å². The van der Waals surface area contributed by atoms with Crippen LogP contribution in [0.3, 0.4) is 0 Å². The summed E-state index contributed by atoms with van der Waals surface area (Å²) in [5.41, 5.74) is 2.08. The molecule has 22 heavy (non-hydrogen) atoms. The summed E-state index contributed by atoms with van der Waals surface area (Å²) in [7, 11) is 0. The van der Waals surface area contributed by atoms with Crippen LogP contribution < -0.4 is 9.47 Å². The Labute approximate surface area is 131 Å². The Morgan fingerprint density at radius 1 is 0.727 bits per heavy atom. The molecule has 0 saturated heterocycles. The zero-order valence-electron chi connectivity index (χ0n) is 13.2. The number of hydrogen-bond donors (Lipinski definition) is 1. The van der Waals surface area contributed by atoms with Gasteiger partial charge in [0, 0.05) is 13.1 Å². The van der Waals surface area contributed by atoms with Gasteiger partial charge in [-0.05, 0) is 49.2 Å². The van der Waals surface area contributed by atoms with Crippen molar-refractivity contribution in [2.75, 3.05) is 13.2 Å². The first-order valence-electron chi connectivity index (χ1n) is 7.58. The van der Waals surface area contributed by atoms with Crippen molar-refractivity contribution in [1.29, 1.82) is 0 Å². The fourth-order valence-corrected chi connectivity index (χ4v) is 2.19. The van der Waals surface area contributed by atoms with Crippen LogP contribution in [0.5, 0.6) is 11.5 Å². The fraction of sp³-hybridized carbons (Fsp3) is 0.333. The van der Waals surface area contributed by atoms with Gasteiger partial charge in [0.2, 0.25) is 0 Å². The highest BCUT2D eigenvalue weighted by molar-refractivity contribution is 5.28. The average molecular weight is 301 g/mol. The molecule has 118 valence electrons. The molecule has 0 aliphatic rings. The maximum Gasteiger partial charge on any atom is 0.119 e. The molecule has 2 aromatic carbocycles. The topological polar surface area (TPSA) is 41.9 Å². The van der Waals surface area contributed by atoms with E-state index in [0.29, 0.717) is 26.3 Å². The first-order chi connectivity index (χ1) is 10.7. The molecule has 0 amide bonds. The molecule has 0 bridgehead atoms. The summed E-state index contributed by atoms with van der Waals surface area (Å²) in [5.74, 6) is 1.70. The first kappa shape index (κ1) is 16.3. The van der Waals surface area contributed by atoms with Gasteiger partial charge in [-0.1, -0.05) is 24.3 Å². The van der Waals surface area contributed by atoms with Crippen molar-refractivity contribution in [3.63, 3.8) is 0 Å². The van der Waals surface area contributed by atoms with Gasteiger partial charge in [-0.15, -0.1) is 0 Å². The van der Waals surface area contributed by atoms with Gasteiger partial charge >= 0.3 is 0 Å². The second-order valence-electron chi connectivity index (χ2n) is 4.98. The van der Waals surface area contributed by atoms with Crippen molar-refractivity contribution >= 4 is 0 Å². The third-order valence-corrected chi connectivity index (χ3v) is 3.20. The van der Waals surface area contributed by atoms with E-state index in [-0.39, 0.29) is 0 Å². The van der Waals surface area contributed by atoms with Gasteiger partial charge in [-0.25, -0.2) is 0 Å². The third-order valence-electron chi connectivity index (χ3n) is 3.20. The van der Waals surface area contributed by atoms with E-state index in [1.165, 1.54) is 5.06 Å². The minimum Gasteiger partial charge on any atom is -0.494 e. The minimum atomic E-state index is 0.472. The molecule has 0 heterocycles. The molecule has 0 radical (unpaired) electrons. The first-order valence-corrected chi connectivity index (χ1v) is 7.58. The van der Waals surface area contributed by atoms with Gasteiger partial charge in [0.15, 0.2) is 0 Å². The van der Waals surface area contributed by atoms with Crippen molar-refractivity contribution in [2.45, 2.75) is 26.9 Å². The molecular weight excluding hydrogens is 278 g/mol. The standard InChI is InChI=1S/C18H23NO3/c1-3-21-17-9-5-15(6-10-17)13-19(20)14-16-7-11-18(12-8-16)22-4-2/h5-12,20H,3-4,13-14H2,1-2H3. The lowest BCUT2D eigenvalue weighted by Gasteiger charge is -2.15. The average Bonchev–Trinajstić information content (AvgIpc) is 2.52. The molecular formula is C18H23NO3. The summed E-state index contributed by atoms with van der Waals surface area (Å²) in [6.45, 7) is 6.17. The summed E-state index contributed by atoms with van der Waals surface area (Å²) < 4.78 is 10.8. The van der Waals surface area contributed by atoms with Crippen LogP contribution in [0.25, 0.3) is 0 Å². The van der Waals surface area contributed by atoms with Crippen LogP contribution >= 0.6 is 0 Å². The molecule has 0 aliphatic heterocycles. The monoisotopic (exact) mass is 301 g/mol. The predicted octanol–water partition coefficient (Wildman–Crippen LogP) is 3.88. The second-order valence-corrected chi connectivity index (χ2v) is 4.98. The Morgan fingerprint density at radius 2 is 1.09 bits per heavy atom. The molecule has 0 aliphatic carbocycles. The summed E-state index contributed by atoms with van der Waals surface area (Å²) >= 11 is 0. The lowest BCUT2D eigenvalue weighted by Crippen LogP contribution is -2.18. The summed E-state index contributed by atoms with van der Waals surface area (Å²) in [5, 5.41) is 11.4. The summed E-state index contributed by atoms with van der Waals surface area (Å²) in [6, 6.07) is 15.5. The Kier molecular flexibility index (Phi) is 6.25. The van der Waals surface area contributed by atoms with Gasteiger partial charge in [-0.3, -0.25) is 0 Å². The van der Waals surface area contributed by atoms with Crippen LogP contribution in [0.4, 0.5) is 0 Å². The zero-order chi connectivity index (χ0) is 15.8. The van der Waals surface area contributed by atoms with E-state index in [1.54, 1.807) is 0 Å². The minimum absolute atomic E-state index is 0.472. The fourth-order valence-electron chi connectivity index (χ4n) is 2.19. The van der Waals surface area contributed by atoms with Gasteiger partial charge in [0.05, 0.1) is 13.2 Å².